The lowest BCUT2D eigenvalue weighted by atomic mass is 10.1. The number of aryl methyl sites for hydroxylation is 1. The Morgan fingerprint density at radius 2 is 2.23 bits per heavy atom. The molecular formula is C14H13N5O3. The first kappa shape index (κ1) is 14.0. The van der Waals surface area contributed by atoms with Gasteiger partial charge in [0.25, 0.3) is 5.91 Å². The third-order valence-electron chi connectivity index (χ3n) is 3.20. The second-order valence-corrected chi connectivity index (χ2v) is 4.73. The monoisotopic (exact) mass is 299 g/mol. The van der Waals surface area contributed by atoms with Crippen molar-refractivity contribution in [1.82, 2.24) is 15.3 Å². The van der Waals surface area contributed by atoms with Crippen LogP contribution < -0.4 is 11.1 Å². The Labute approximate surface area is 124 Å². The summed E-state index contributed by atoms with van der Waals surface area (Å²) in [5.41, 5.74) is 7.89. The molecule has 0 aliphatic rings. The predicted octanol–water partition coefficient (Wildman–Crippen LogP) is 1.26. The van der Waals surface area contributed by atoms with Crippen molar-refractivity contribution in [3.8, 4) is 0 Å². The lowest BCUT2D eigenvalue weighted by molar-refractivity contribution is 0.0991. The van der Waals surface area contributed by atoms with E-state index >= 15 is 0 Å². The predicted molar refractivity (Wildman–Crippen MR) is 78.5 cm³/mol. The molecule has 8 heteroatoms. The van der Waals surface area contributed by atoms with Gasteiger partial charge in [-0.15, -0.1) is 0 Å². The Hall–Kier alpha value is -3.00. The van der Waals surface area contributed by atoms with Gasteiger partial charge in [-0.3, -0.25) is 9.78 Å². The maximum Gasteiger partial charge on any atom is 0.274 e. The minimum Gasteiger partial charge on any atom is -0.392 e. The summed E-state index contributed by atoms with van der Waals surface area (Å²) in [5, 5.41) is 20.3. The van der Waals surface area contributed by atoms with Gasteiger partial charge in [-0.05, 0) is 34.9 Å². The number of amides is 1. The minimum atomic E-state index is -0.746. The summed E-state index contributed by atoms with van der Waals surface area (Å²) in [6.45, 7) is 1.74. The fraction of sp³-hybridized carbons (Fsp3) is 0.143. The van der Waals surface area contributed by atoms with E-state index in [1.807, 2.05) is 19.1 Å². The van der Waals surface area contributed by atoms with Crippen molar-refractivity contribution >= 4 is 28.3 Å². The van der Waals surface area contributed by atoms with Crippen molar-refractivity contribution in [1.29, 1.82) is 0 Å². The molecule has 0 aliphatic carbocycles. The number of nitrogens with zero attached hydrogens (tertiary/aromatic N) is 3. The summed E-state index contributed by atoms with van der Waals surface area (Å²) in [6, 6.07) is 7.25. The number of nitrogens with one attached hydrogen (secondary N) is 1. The number of aromatic nitrogens is 3. The molecule has 0 unspecified atom stereocenters. The molecule has 3 rings (SSSR count). The van der Waals surface area contributed by atoms with Crippen LogP contribution >= 0.6 is 0 Å². The van der Waals surface area contributed by atoms with Crippen LogP contribution in [0.3, 0.4) is 0 Å². The first-order valence-electron chi connectivity index (χ1n) is 6.49. The normalized spacial score (nSPS) is 10.8. The first-order valence-corrected chi connectivity index (χ1v) is 6.49. The highest BCUT2D eigenvalue weighted by atomic mass is 16.6. The summed E-state index contributed by atoms with van der Waals surface area (Å²) in [5.74, 6) is -0.627. The number of fused-ring (bicyclic) bond motifs is 1. The van der Waals surface area contributed by atoms with Crippen LogP contribution in [0, 0.1) is 6.92 Å². The molecule has 22 heavy (non-hydrogen) atoms. The lowest BCUT2D eigenvalue weighted by Crippen LogP contribution is -2.13. The van der Waals surface area contributed by atoms with E-state index in [0.29, 0.717) is 11.2 Å². The Morgan fingerprint density at radius 1 is 1.41 bits per heavy atom. The van der Waals surface area contributed by atoms with Crippen molar-refractivity contribution in [2.24, 2.45) is 5.73 Å². The topological polar surface area (TPSA) is 127 Å². The van der Waals surface area contributed by atoms with Crippen LogP contribution in [-0.4, -0.2) is 26.3 Å². The van der Waals surface area contributed by atoms with E-state index in [1.54, 1.807) is 12.1 Å². The number of pyridine rings is 1. The zero-order chi connectivity index (χ0) is 15.7. The third-order valence-corrected chi connectivity index (χ3v) is 3.20. The number of anilines is 2. The van der Waals surface area contributed by atoms with Crippen molar-refractivity contribution in [3.05, 3.63) is 41.2 Å². The largest absolute Gasteiger partial charge is 0.392 e. The van der Waals surface area contributed by atoms with Crippen LogP contribution in [0.2, 0.25) is 0 Å². The summed E-state index contributed by atoms with van der Waals surface area (Å²) >= 11 is 0. The first-order chi connectivity index (χ1) is 10.6. The second kappa shape index (κ2) is 5.41. The number of para-hydroxylation sites is 1. The fourth-order valence-corrected chi connectivity index (χ4v) is 2.25. The maximum absolute atomic E-state index is 11.3. The zero-order valence-electron chi connectivity index (χ0n) is 11.7. The zero-order valence-corrected chi connectivity index (χ0v) is 11.7. The van der Waals surface area contributed by atoms with Crippen LogP contribution in [0.1, 0.15) is 21.7 Å². The lowest BCUT2D eigenvalue weighted by Gasteiger charge is -2.10. The maximum atomic E-state index is 11.3. The average molecular weight is 299 g/mol. The van der Waals surface area contributed by atoms with Gasteiger partial charge in [0, 0.05) is 11.1 Å². The Kier molecular flexibility index (Phi) is 3.43. The molecule has 2 aromatic heterocycles. The van der Waals surface area contributed by atoms with Gasteiger partial charge in [-0.25, -0.2) is 4.63 Å². The summed E-state index contributed by atoms with van der Waals surface area (Å²) in [6.07, 6.45) is 0. The van der Waals surface area contributed by atoms with E-state index in [4.69, 9.17) is 5.73 Å². The van der Waals surface area contributed by atoms with Crippen LogP contribution in [0.5, 0.6) is 0 Å². The van der Waals surface area contributed by atoms with Gasteiger partial charge >= 0.3 is 0 Å². The quantitative estimate of drug-likeness (QED) is 0.661. The number of hydrogen-bond donors (Lipinski definition) is 3. The molecule has 3 aromatic rings. The summed E-state index contributed by atoms with van der Waals surface area (Å²) in [4.78, 5) is 15.7. The number of carbonyl (C=O) groups is 1. The molecule has 0 atom stereocenters. The van der Waals surface area contributed by atoms with Gasteiger partial charge in [0.2, 0.25) is 11.5 Å². The number of aliphatic hydroxyl groups is 1. The molecule has 112 valence electrons. The molecule has 0 saturated heterocycles. The number of aliphatic hydroxyl groups excluding tert-OH is 1. The third kappa shape index (κ3) is 2.35. The Balaban J connectivity index is 2.13. The highest BCUT2D eigenvalue weighted by Gasteiger charge is 2.17. The summed E-state index contributed by atoms with van der Waals surface area (Å²) < 4.78 is 4.54. The number of carbonyl (C=O) groups excluding carboxylic acids is 1. The van der Waals surface area contributed by atoms with E-state index in [2.05, 4.69) is 25.2 Å². The molecule has 0 spiro atoms. The van der Waals surface area contributed by atoms with Crippen molar-refractivity contribution in [2.75, 3.05) is 5.32 Å². The molecule has 0 bridgehead atoms. The van der Waals surface area contributed by atoms with E-state index in [0.717, 1.165) is 16.6 Å². The SMILES string of the molecule is Cc1cc(CO)c2cccc(Nc3nonc3C(N)=O)c2n1. The second-order valence-electron chi connectivity index (χ2n) is 4.73. The van der Waals surface area contributed by atoms with E-state index in [-0.39, 0.29) is 18.1 Å². The minimum absolute atomic E-state index is 0.0907. The van der Waals surface area contributed by atoms with Crippen molar-refractivity contribution in [3.63, 3.8) is 0 Å². The molecule has 0 fully saturated rings. The Bertz CT molecular complexity index is 859. The van der Waals surface area contributed by atoms with Gasteiger partial charge in [0.05, 0.1) is 17.8 Å². The van der Waals surface area contributed by atoms with Gasteiger partial charge in [0.1, 0.15) is 0 Å². The number of primary amides is 1. The number of nitrogens with two attached hydrogens (primary N) is 1. The standard InChI is InChI=1S/C14H13N5O3/c1-7-5-8(6-20)9-3-2-4-10(11(9)16-7)17-14-12(13(15)21)18-22-19-14/h2-5,20H,6H2,1H3,(H2,15,21)(H,17,19). The van der Waals surface area contributed by atoms with Gasteiger partial charge in [-0.2, -0.15) is 0 Å². The molecule has 0 saturated carbocycles. The van der Waals surface area contributed by atoms with Crippen LogP contribution in [-0.2, 0) is 6.61 Å². The molecule has 8 nitrogen and oxygen atoms in total. The Morgan fingerprint density at radius 3 is 2.95 bits per heavy atom. The van der Waals surface area contributed by atoms with Gasteiger partial charge < -0.3 is 16.2 Å². The average Bonchev–Trinajstić information content (AvgIpc) is 2.95. The number of benzene rings is 1. The van der Waals surface area contributed by atoms with E-state index < -0.39 is 5.91 Å². The highest BCUT2D eigenvalue weighted by molar-refractivity contribution is 5.98. The van der Waals surface area contributed by atoms with Gasteiger partial charge in [0.15, 0.2) is 0 Å². The molecule has 0 radical (unpaired) electrons. The van der Waals surface area contributed by atoms with Crippen LogP contribution in [0.15, 0.2) is 28.9 Å². The highest BCUT2D eigenvalue weighted by Crippen LogP contribution is 2.28. The number of rotatable bonds is 4. The van der Waals surface area contributed by atoms with Crippen LogP contribution in [0.25, 0.3) is 10.9 Å². The summed E-state index contributed by atoms with van der Waals surface area (Å²) in [7, 11) is 0. The van der Waals surface area contributed by atoms with Gasteiger partial charge in [-0.1, -0.05) is 12.1 Å². The fourth-order valence-electron chi connectivity index (χ4n) is 2.25. The van der Waals surface area contributed by atoms with E-state index in [9.17, 15) is 9.90 Å². The van der Waals surface area contributed by atoms with E-state index in [1.165, 1.54) is 0 Å². The molecule has 2 heterocycles. The molecule has 4 N–H and O–H groups in total. The smallest absolute Gasteiger partial charge is 0.274 e. The number of hydrogen-bond acceptors (Lipinski definition) is 7. The molecule has 1 aromatic carbocycles. The van der Waals surface area contributed by atoms with Crippen LogP contribution in [0.4, 0.5) is 11.5 Å². The molecule has 0 aliphatic heterocycles. The van der Waals surface area contributed by atoms with Crippen molar-refractivity contribution < 1.29 is 14.5 Å². The molecular weight excluding hydrogens is 286 g/mol. The van der Waals surface area contributed by atoms with Crippen molar-refractivity contribution in [2.45, 2.75) is 13.5 Å². The molecule has 1 amide bonds.